The molecular formula is C13H11Cl2NO2. The van der Waals surface area contributed by atoms with Crippen LogP contribution in [-0.2, 0) is 6.42 Å². The first-order valence-corrected chi connectivity index (χ1v) is 6.09. The van der Waals surface area contributed by atoms with Crippen LogP contribution in [0.4, 0.5) is 0 Å². The van der Waals surface area contributed by atoms with Crippen LogP contribution in [0.5, 0.6) is 0 Å². The predicted molar refractivity (Wildman–Crippen MR) is 71.9 cm³/mol. The lowest BCUT2D eigenvalue weighted by atomic mass is 10.1. The summed E-state index contributed by atoms with van der Waals surface area (Å²) in [6, 6.07) is 8.20. The Morgan fingerprint density at radius 2 is 1.94 bits per heavy atom. The molecule has 0 saturated carbocycles. The van der Waals surface area contributed by atoms with Gasteiger partial charge < -0.3 is 5.21 Å². The minimum absolute atomic E-state index is 0.340. The van der Waals surface area contributed by atoms with Crippen LogP contribution < -0.4 is 5.56 Å². The molecule has 0 radical (unpaired) electrons. The van der Waals surface area contributed by atoms with Gasteiger partial charge in [0.25, 0.3) is 5.56 Å². The summed E-state index contributed by atoms with van der Waals surface area (Å²) in [5.41, 5.74) is 1.57. The number of aryl methyl sites for hydroxylation is 1. The monoisotopic (exact) mass is 283 g/mol. The number of pyridine rings is 1. The van der Waals surface area contributed by atoms with E-state index in [4.69, 9.17) is 23.2 Å². The van der Waals surface area contributed by atoms with Crippen LogP contribution in [0, 0.1) is 6.92 Å². The van der Waals surface area contributed by atoms with Gasteiger partial charge in [0.2, 0.25) is 0 Å². The summed E-state index contributed by atoms with van der Waals surface area (Å²) in [5, 5.41) is 10.8. The van der Waals surface area contributed by atoms with Crippen LogP contribution in [-0.4, -0.2) is 9.94 Å². The third-order valence-corrected chi connectivity index (χ3v) is 3.21. The average molecular weight is 284 g/mol. The minimum atomic E-state index is -0.455. The van der Waals surface area contributed by atoms with E-state index >= 15 is 0 Å². The lowest BCUT2D eigenvalue weighted by molar-refractivity contribution is 0.166. The normalized spacial score (nSPS) is 10.6. The van der Waals surface area contributed by atoms with Crippen LogP contribution in [0.15, 0.2) is 35.1 Å². The maximum atomic E-state index is 11.5. The van der Waals surface area contributed by atoms with Gasteiger partial charge in [-0.2, -0.15) is 4.73 Å². The number of rotatable bonds is 2. The van der Waals surface area contributed by atoms with E-state index in [-0.39, 0.29) is 0 Å². The minimum Gasteiger partial charge on any atom is -0.425 e. The third-order valence-electron chi connectivity index (χ3n) is 2.61. The number of hydrogen-bond donors (Lipinski definition) is 1. The quantitative estimate of drug-likeness (QED) is 0.860. The zero-order valence-corrected chi connectivity index (χ0v) is 11.2. The van der Waals surface area contributed by atoms with Gasteiger partial charge in [-0.15, -0.1) is 0 Å². The summed E-state index contributed by atoms with van der Waals surface area (Å²) in [4.78, 5) is 11.5. The van der Waals surface area contributed by atoms with Crippen molar-refractivity contribution in [3.05, 3.63) is 67.6 Å². The van der Waals surface area contributed by atoms with Crippen LogP contribution >= 0.6 is 23.2 Å². The van der Waals surface area contributed by atoms with Crippen LogP contribution in [0.25, 0.3) is 0 Å². The Morgan fingerprint density at radius 3 is 2.67 bits per heavy atom. The van der Waals surface area contributed by atoms with Gasteiger partial charge in [0.15, 0.2) is 0 Å². The third kappa shape index (κ3) is 2.68. The fourth-order valence-corrected chi connectivity index (χ4v) is 2.14. The zero-order chi connectivity index (χ0) is 13.3. The smallest absolute Gasteiger partial charge is 0.283 e. The summed E-state index contributed by atoms with van der Waals surface area (Å²) in [5.74, 6) is 0. The Balaban J connectivity index is 2.46. The van der Waals surface area contributed by atoms with Gasteiger partial charge in [0.05, 0.1) is 5.69 Å². The molecule has 0 saturated heterocycles. The molecule has 0 aliphatic heterocycles. The van der Waals surface area contributed by atoms with E-state index in [1.807, 2.05) is 0 Å². The van der Waals surface area contributed by atoms with Crippen molar-refractivity contribution in [1.82, 2.24) is 4.73 Å². The Bertz CT molecular complexity index is 650. The van der Waals surface area contributed by atoms with Gasteiger partial charge in [-0.3, -0.25) is 4.79 Å². The van der Waals surface area contributed by atoms with Crippen molar-refractivity contribution < 1.29 is 5.21 Å². The van der Waals surface area contributed by atoms with E-state index in [0.717, 1.165) is 11.1 Å². The fraction of sp³-hybridized carbons (Fsp3) is 0.154. The molecule has 2 rings (SSSR count). The van der Waals surface area contributed by atoms with Crippen LogP contribution in [0.3, 0.4) is 0 Å². The highest BCUT2D eigenvalue weighted by atomic mass is 35.5. The molecule has 0 amide bonds. The van der Waals surface area contributed by atoms with Gasteiger partial charge in [0.1, 0.15) is 0 Å². The van der Waals surface area contributed by atoms with Gasteiger partial charge in [0, 0.05) is 22.5 Å². The molecule has 18 heavy (non-hydrogen) atoms. The van der Waals surface area contributed by atoms with E-state index < -0.39 is 5.56 Å². The SMILES string of the molecule is Cc1cc(Cc2cc(Cl)ccc2Cl)n(O)c(=O)c1. The second-order valence-electron chi connectivity index (χ2n) is 4.09. The number of halogens is 2. The highest BCUT2D eigenvalue weighted by Crippen LogP contribution is 2.23. The molecule has 1 heterocycles. The van der Waals surface area contributed by atoms with Crippen LogP contribution in [0.2, 0.25) is 10.0 Å². The predicted octanol–water partition coefficient (Wildman–Crippen LogP) is 3.29. The van der Waals surface area contributed by atoms with Crippen molar-refractivity contribution in [3.63, 3.8) is 0 Å². The average Bonchev–Trinajstić information content (AvgIpc) is 2.30. The molecule has 5 heteroatoms. The highest BCUT2D eigenvalue weighted by molar-refractivity contribution is 6.33. The molecule has 0 bridgehead atoms. The Labute approximate surface area is 114 Å². The maximum absolute atomic E-state index is 11.5. The highest BCUT2D eigenvalue weighted by Gasteiger charge is 2.08. The van der Waals surface area contributed by atoms with Crippen molar-refractivity contribution in [3.8, 4) is 0 Å². The lowest BCUT2D eigenvalue weighted by Gasteiger charge is -2.09. The molecule has 0 aliphatic carbocycles. The van der Waals surface area contributed by atoms with Gasteiger partial charge >= 0.3 is 0 Å². The first-order chi connectivity index (χ1) is 8.47. The van der Waals surface area contributed by atoms with E-state index in [9.17, 15) is 10.0 Å². The molecule has 1 N–H and O–H groups in total. The number of benzene rings is 1. The topological polar surface area (TPSA) is 42.2 Å². The molecule has 3 nitrogen and oxygen atoms in total. The van der Waals surface area contributed by atoms with E-state index in [1.54, 1.807) is 31.2 Å². The van der Waals surface area contributed by atoms with Gasteiger partial charge in [-0.1, -0.05) is 23.2 Å². The lowest BCUT2D eigenvalue weighted by Crippen LogP contribution is -2.21. The second-order valence-corrected chi connectivity index (χ2v) is 4.93. The number of aromatic nitrogens is 1. The zero-order valence-electron chi connectivity index (χ0n) is 9.65. The molecule has 1 aromatic carbocycles. The summed E-state index contributed by atoms with van der Waals surface area (Å²) >= 11 is 11.9. The first-order valence-electron chi connectivity index (χ1n) is 5.33. The van der Waals surface area contributed by atoms with Gasteiger partial charge in [-0.25, -0.2) is 0 Å². The summed E-state index contributed by atoms with van der Waals surface area (Å²) in [7, 11) is 0. The Kier molecular flexibility index (Phi) is 3.64. The molecular weight excluding hydrogens is 273 g/mol. The van der Waals surface area contributed by atoms with Crippen molar-refractivity contribution in [2.24, 2.45) is 0 Å². The molecule has 0 aliphatic rings. The Morgan fingerprint density at radius 1 is 1.22 bits per heavy atom. The summed E-state index contributed by atoms with van der Waals surface area (Å²) in [6.45, 7) is 1.80. The van der Waals surface area contributed by atoms with Crippen molar-refractivity contribution in [2.45, 2.75) is 13.3 Å². The maximum Gasteiger partial charge on any atom is 0.283 e. The summed E-state index contributed by atoms with van der Waals surface area (Å²) in [6.07, 6.45) is 0.340. The van der Waals surface area contributed by atoms with Crippen molar-refractivity contribution >= 4 is 23.2 Å². The molecule has 0 unspecified atom stereocenters. The molecule has 1 aromatic heterocycles. The summed E-state index contributed by atoms with van der Waals surface area (Å²) < 4.78 is 0.629. The Hall–Kier alpha value is -1.45. The fourth-order valence-electron chi connectivity index (χ4n) is 1.76. The first kappa shape index (κ1) is 13.0. The molecule has 0 atom stereocenters. The van der Waals surface area contributed by atoms with E-state index in [0.29, 0.717) is 26.9 Å². The largest absolute Gasteiger partial charge is 0.425 e. The van der Waals surface area contributed by atoms with Crippen molar-refractivity contribution in [2.75, 3.05) is 0 Å². The molecule has 0 spiro atoms. The number of nitrogens with zero attached hydrogens (tertiary/aromatic N) is 1. The standard InChI is InChI=1S/C13H11Cl2NO2/c1-8-4-11(16(18)13(17)5-8)7-9-6-10(14)2-3-12(9)15/h2-6,18H,7H2,1H3. The van der Waals surface area contributed by atoms with Crippen molar-refractivity contribution in [1.29, 1.82) is 0 Å². The second kappa shape index (κ2) is 5.04. The molecule has 94 valence electrons. The number of hydrogen-bond acceptors (Lipinski definition) is 2. The molecule has 2 aromatic rings. The van der Waals surface area contributed by atoms with E-state index in [2.05, 4.69) is 0 Å². The molecule has 0 fully saturated rings. The van der Waals surface area contributed by atoms with E-state index in [1.165, 1.54) is 6.07 Å². The van der Waals surface area contributed by atoms with Gasteiger partial charge in [-0.05, 0) is 42.3 Å². The van der Waals surface area contributed by atoms with Crippen LogP contribution in [0.1, 0.15) is 16.8 Å².